The summed E-state index contributed by atoms with van der Waals surface area (Å²) in [5.41, 5.74) is 5.80. The van der Waals surface area contributed by atoms with Gasteiger partial charge in [0.2, 0.25) is 0 Å². The van der Waals surface area contributed by atoms with Crippen LogP contribution in [0.1, 0.15) is 0 Å². The van der Waals surface area contributed by atoms with Crippen molar-refractivity contribution in [1.29, 1.82) is 0 Å². The van der Waals surface area contributed by atoms with Crippen LogP contribution in [0.3, 0.4) is 0 Å². The Balaban J connectivity index is 2.37. The maximum absolute atomic E-state index is 13.2. The van der Waals surface area contributed by atoms with E-state index in [1.165, 1.54) is 24.3 Å². The van der Waals surface area contributed by atoms with E-state index in [2.05, 4.69) is 31.9 Å². The van der Waals surface area contributed by atoms with Gasteiger partial charge in [0.25, 0.3) is 0 Å². The SMILES string of the molecule is Nc1cc(F)c(Br)cc1Oc1ccc(F)cc1Br. The average molecular weight is 379 g/mol. The number of rotatable bonds is 2. The lowest BCUT2D eigenvalue weighted by molar-refractivity contribution is 0.477. The van der Waals surface area contributed by atoms with Gasteiger partial charge in [0.05, 0.1) is 14.6 Å². The number of nitrogens with two attached hydrogens (primary N) is 1. The summed E-state index contributed by atoms with van der Waals surface area (Å²) in [5.74, 6) is -0.183. The van der Waals surface area contributed by atoms with Crippen molar-refractivity contribution in [3.05, 3.63) is 50.9 Å². The topological polar surface area (TPSA) is 35.2 Å². The van der Waals surface area contributed by atoms with Crippen LogP contribution in [0.5, 0.6) is 11.5 Å². The quantitative estimate of drug-likeness (QED) is 0.757. The van der Waals surface area contributed by atoms with Crippen LogP contribution in [0.2, 0.25) is 0 Å². The molecule has 2 rings (SSSR count). The highest BCUT2D eigenvalue weighted by molar-refractivity contribution is 9.10. The van der Waals surface area contributed by atoms with Crippen LogP contribution >= 0.6 is 31.9 Å². The minimum atomic E-state index is -0.474. The molecule has 0 bridgehead atoms. The van der Waals surface area contributed by atoms with Crippen LogP contribution in [-0.4, -0.2) is 0 Å². The lowest BCUT2D eigenvalue weighted by Crippen LogP contribution is -1.94. The van der Waals surface area contributed by atoms with E-state index in [0.29, 0.717) is 10.2 Å². The number of ether oxygens (including phenoxy) is 1. The number of hydrogen-bond donors (Lipinski definition) is 1. The average Bonchev–Trinajstić information content (AvgIpc) is 2.29. The van der Waals surface area contributed by atoms with Crippen LogP contribution in [0.25, 0.3) is 0 Å². The number of nitrogen functional groups attached to an aromatic ring is 1. The molecule has 0 aliphatic heterocycles. The van der Waals surface area contributed by atoms with E-state index >= 15 is 0 Å². The Morgan fingerprint density at radius 3 is 2.33 bits per heavy atom. The zero-order valence-corrected chi connectivity index (χ0v) is 12.1. The molecule has 0 amide bonds. The second-order valence-corrected chi connectivity index (χ2v) is 5.19. The zero-order chi connectivity index (χ0) is 13.3. The molecule has 2 aromatic rings. The largest absolute Gasteiger partial charge is 0.454 e. The van der Waals surface area contributed by atoms with Gasteiger partial charge in [-0.1, -0.05) is 0 Å². The van der Waals surface area contributed by atoms with Crippen molar-refractivity contribution < 1.29 is 13.5 Å². The van der Waals surface area contributed by atoms with Crippen LogP contribution in [-0.2, 0) is 0 Å². The third-order valence-corrected chi connectivity index (χ3v) is 3.39. The number of halogens is 4. The van der Waals surface area contributed by atoms with Crippen molar-refractivity contribution in [3.63, 3.8) is 0 Å². The summed E-state index contributed by atoms with van der Waals surface area (Å²) in [5, 5.41) is 0. The van der Waals surface area contributed by atoms with Crippen molar-refractivity contribution in [2.45, 2.75) is 0 Å². The molecule has 0 saturated heterocycles. The maximum Gasteiger partial charge on any atom is 0.151 e. The van der Waals surface area contributed by atoms with Gasteiger partial charge in [0.1, 0.15) is 17.4 Å². The minimum Gasteiger partial charge on any atom is -0.454 e. The molecule has 0 atom stereocenters. The first kappa shape index (κ1) is 13.3. The second-order valence-electron chi connectivity index (χ2n) is 3.48. The van der Waals surface area contributed by atoms with Crippen molar-refractivity contribution in [2.24, 2.45) is 0 Å². The maximum atomic E-state index is 13.2. The van der Waals surface area contributed by atoms with Crippen molar-refractivity contribution in [3.8, 4) is 11.5 Å². The van der Waals surface area contributed by atoms with Crippen LogP contribution in [0.15, 0.2) is 39.3 Å². The molecule has 2 N–H and O–H groups in total. The molecule has 0 fully saturated rings. The molecule has 0 spiro atoms. The van der Waals surface area contributed by atoms with E-state index in [1.54, 1.807) is 0 Å². The monoisotopic (exact) mass is 377 g/mol. The van der Waals surface area contributed by atoms with E-state index < -0.39 is 5.82 Å². The van der Waals surface area contributed by atoms with Crippen molar-refractivity contribution in [2.75, 3.05) is 5.73 Å². The summed E-state index contributed by atoms with van der Waals surface area (Å²) in [4.78, 5) is 0. The Bertz CT molecular complexity index is 605. The van der Waals surface area contributed by atoms with Crippen molar-refractivity contribution >= 4 is 37.5 Å². The molecule has 2 nitrogen and oxygen atoms in total. The molecular weight excluding hydrogens is 372 g/mol. The second kappa shape index (κ2) is 5.24. The Morgan fingerprint density at radius 2 is 1.67 bits per heavy atom. The van der Waals surface area contributed by atoms with E-state index in [0.717, 1.165) is 6.07 Å². The van der Waals surface area contributed by atoms with E-state index in [4.69, 9.17) is 10.5 Å². The van der Waals surface area contributed by atoms with E-state index in [1.807, 2.05) is 0 Å². The highest BCUT2D eigenvalue weighted by atomic mass is 79.9. The summed E-state index contributed by atoms with van der Waals surface area (Å²) in [6, 6.07) is 6.55. The highest BCUT2D eigenvalue weighted by Crippen LogP contribution is 2.35. The molecule has 0 radical (unpaired) electrons. The molecule has 2 aromatic carbocycles. The molecule has 0 aromatic heterocycles. The Hall–Kier alpha value is -1.14. The molecule has 0 aliphatic rings. The summed E-state index contributed by atoms with van der Waals surface area (Å²) < 4.78 is 32.3. The van der Waals surface area contributed by atoms with Gasteiger partial charge in [-0.05, 0) is 50.1 Å². The van der Waals surface area contributed by atoms with Gasteiger partial charge >= 0.3 is 0 Å². The van der Waals surface area contributed by atoms with Gasteiger partial charge < -0.3 is 10.5 Å². The van der Waals surface area contributed by atoms with E-state index in [9.17, 15) is 8.78 Å². The fourth-order valence-corrected chi connectivity index (χ4v) is 2.06. The van der Waals surface area contributed by atoms with Gasteiger partial charge in [-0.15, -0.1) is 0 Å². The number of hydrogen-bond acceptors (Lipinski definition) is 2. The standard InChI is InChI=1S/C12H7Br2F2NO/c13-7-4-12(10(17)5-9(7)16)18-11-2-1-6(15)3-8(11)14/h1-5H,17H2. The predicted molar refractivity (Wildman–Crippen MR) is 72.7 cm³/mol. The molecule has 6 heteroatoms. The molecule has 0 unspecified atom stereocenters. The minimum absolute atomic E-state index is 0.159. The molecular formula is C12H7Br2F2NO. The van der Waals surface area contributed by atoms with Gasteiger partial charge in [-0.2, -0.15) is 0 Å². The van der Waals surface area contributed by atoms with E-state index in [-0.39, 0.29) is 21.7 Å². The Morgan fingerprint density at radius 1 is 0.944 bits per heavy atom. The van der Waals surface area contributed by atoms with Crippen molar-refractivity contribution in [1.82, 2.24) is 0 Å². The Kier molecular flexibility index (Phi) is 3.87. The van der Waals surface area contributed by atoms with Gasteiger partial charge in [-0.3, -0.25) is 0 Å². The first-order valence-electron chi connectivity index (χ1n) is 4.85. The van der Waals surface area contributed by atoms with Gasteiger partial charge in [-0.25, -0.2) is 8.78 Å². The third-order valence-electron chi connectivity index (χ3n) is 2.17. The third kappa shape index (κ3) is 2.81. The first-order valence-corrected chi connectivity index (χ1v) is 6.43. The first-order chi connectivity index (χ1) is 8.47. The molecule has 0 saturated carbocycles. The summed E-state index contributed by atoms with van der Waals surface area (Å²) in [6.45, 7) is 0. The molecule has 94 valence electrons. The highest BCUT2D eigenvalue weighted by Gasteiger charge is 2.10. The van der Waals surface area contributed by atoms with Gasteiger partial charge in [0, 0.05) is 12.1 Å². The van der Waals surface area contributed by atoms with Gasteiger partial charge in [0.15, 0.2) is 5.75 Å². The number of benzene rings is 2. The fourth-order valence-electron chi connectivity index (χ4n) is 1.31. The predicted octanol–water partition coefficient (Wildman–Crippen LogP) is 4.86. The summed E-state index contributed by atoms with van der Waals surface area (Å²) in [6.07, 6.45) is 0. The number of anilines is 1. The summed E-state index contributed by atoms with van der Waals surface area (Å²) >= 11 is 6.21. The zero-order valence-electron chi connectivity index (χ0n) is 8.88. The molecule has 0 aliphatic carbocycles. The van der Waals surface area contributed by atoms with Crippen LogP contribution in [0, 0.1) is 11.6 Å². The van der Waals surface area contributed by atoms with Crippen LogP contribution < -0.4 is 10.5 Å². The molecule has 18 heavy (non-hydrogen) atoms. The fraction of sp³-hybridized carbons (Fsp3) is 0. The lowest BCUT2D eigenvalue weighted by Gasteiger charge is -2.10. The molecule has 0 heterocycles. The normalized spacial score (nSPS) is 10.4. The summed E-state index contributed by atoms with van der Waals surface area (Å²) in [7, 11) is 0. The van der Waals surface area contributed by atoms with Crippen LogP contribution in [0.4, 0.5) is 14.5 Å². The lowest BCUT2D eigenvalue weighted by atomic mass is 10.3. The Labute approximate surface area is 119 Å². The smallest absolute Gasteiger partial charge is 0.151 e.